The zero-order valence-corrected chi connectivity index (χ0v) is 12.7. The molecule has 0 bridgehead atoms. The Morgan fingerprint density at radius 3 is 2.20 bits per heavy atom. The van der Waals surface area contributed by atoms with Gasteiger partial charge in [-0.3, -0.25) is 0 Å². The summed E-state index contributed by atoms with van der Waals surface area (Å²) in [5, 5.41) is 12.1. The number of hydrogen-bond acceptors (Lipinski definition) is 3. The minimum Gasteiger partial charge on any atom is -0.444 e. The van der Waals surface area contributed by atoms with Gasteiger partial charge < -0.3 is 10.1 Å². The highest BCUT2D eigenvalue weighted by Gasteiger charge is 2.33. The molecule has 0 aliphatic carbocycles. The van der Waals surface area contributed by atoms with Crippen molar-refractivity contribution in [2.24, 2.45) is 5.41 Å². The van der Waals surface area contributed by atoms with E-state index in [1.165, 1.54) is 0 Å². The van der Waals surface area contributed by atoms with Crippen LogP contribution in [0.15, 0.2) is 30.3 Å². The summed E-state index contributed by atoms with van der Waals surface area (Å²) in [4.78, 5) is 12.0. The van der Waals surface area contributed by atoms with Gasteiger partial charge in [-0.1, -0.05) is 30.3 Å². The Kier molecular flexibility index (Phi) is 4.78. The first-order valence-corrected chi connectivity index (χ1v) is 6.61. The molecule has 4 heteroatoms. The van der Waals surface area contributed by atoms with Gasteiger partial charge in [-0.2, -0.15) is 5.26 Å². The zero-order valence-electron chi connectivity index (χ0n) is 12.7. The number of nitriles is 1. The number of ether oxygens (including phenoxy) is 1. The van der Waals surface area contributed by atoms with Crippen LogP contribution in [0.25, 0.3) is 0 Å². The zero-order chi connectivity index (χ0) is 15.4. The van der Waals surface area contributed by atoms with Gasteiger partial charge in [0.2, 0.25) is 0 Å². The van der Waals surface area contributed by atoms with E-state index in [0.717, 1.165) is 5.56 Å². The van der Waals surface area contributed by atoms with Crippen LogP contribution >= 0.6 is 0 Å². The minimum absolute atomic E-state index is 0.427. The molecule has 1 unspecified atom stereocenters. The minimum atomic E-state index is -0.738. The lowest BCUT2D eigenvalue weighted by atomic mass is 9.82. The first kappa shape index (κ1) is 16.0. The maximum Gasteiger partial charge on any atom is 0.408 e. The van der Waals surface area contributed by atoms with Crippen LogP contribution in [0.4, 0.5) is 4.79 Å². The average Bonchev–Trinajstić information content (AvgIpc) is 2.35. The lowest BCUT2D eigenvalue weighted by molar-refractivity contribution is 0.0475. The molecule has 1 rings (SSSR count). The first-order chi connectivity index (χ1) is 9.15. The molecule has 20 heavy (non-hydrogen) atoms. The van der Waals surface area contributed by atoms with Crippen molar-refractivity contribution in [1.29, 1.82) is 5.26 Å². The number of rotatable bonds is 3. The van der Waals surface area contributed by atoms with E-state index in [9.17, 15) is 10.1 Å². The van der Waals surface area contributed by atoms with E-state index in [2.05, 4.69) is 11.4 Å². The van der Waals surface area contributed by atoms with Gasteiger partial charge in [-0.05, 0) is 40.2 Å². The van der Waals surface area contributed by atoms with Gasteiger partial charge in [0.1, 0.15) is 5.60 Å². The second-order valence-electron chi connectivity index (χ2n) is 6.32. The number of alkyl carbamates (subject to hydrolysis) is 1. The molecule has 108 valence electrons. The van der Waals surface area contributed by atoms with Crippen molar-refractivity contribution in [3.05, 3.63) is 35.9 Å². The van der Waals surface area contributed by atoms with Gasteiger partial charge in [0.05, 0.1) is 17.5 Å². The Morgan fingerprint density at radius 1 is 1.20 bits per heavy atom. The Bertz CT molecular complexity index is 495. The van der Waals surface area contributed by atoms with Crippen LogP contribution in [0.5, 0.6) is 0 Å². The summed E-state index contributed by atoms with van der Waals surface area (Å²) in [7, 11) is 0. The summed E-state index contributed by atoms with van der Waals surface area (Å²) in [6.07, 6.45) is -0.519. The molecule has 0 aliphatic rings. The Balaban J connectivity index is 2.97. The quantitative estimate of drug-likeness (QED) is 0.911. The normalized spacial score (nSPS) is 13.2. The SMILES string of the molecule is CC(C)(C)OC(=O)NC(c1ccccc1)C(C)(C)C#N. The molecule has 1 atom stereocenters. The molecular weight excluding hydrogens is 252 g/mol. The van der Waals surface area contributed by atoms with Gasteiger partial charge >= 0.3 is 6.09 Å². The van der Waals surface area contributed by atoms with E-state index in [1.807, 2.05) is 30.3 Å². The van der Waals surface area contributed by atoms with Gasteiger partial charge in [0, 0.05) is 0 Å². The largest absolute Gasteiger partial charge is 0.444 e. The lowest BCUT2D eigenvalue weighted by Gasteiger charge is -2.30. The molecule has 1 N–H and O–H groups in total. The van der Waals surface area contributed by atoms with E-state index >= 15 is 0 Å². The molecule has 0 saturated carbocycles. The number of nitrogens with one attached hydrogen (secondary N) is 1. The molecule has 0 heterocycles. The molecule has 0 aliphatic heterocycles. The first-order valence-electron chi connectivity index (χ1n) is 6.61. The summed E-state index contributed by atoms with van der Waals surface area (Å²) in [5.74, 6) is 0. The summed E-state index contributed by atoms with van der Waals surface area (Å²) in [6, 6.07) is 11.2. The van der Waals surface area contributed by atoms with Crippen molar-refractivity contribution < 1.29 is 9.53 Å². The number of benzene rings is 1. The van der Waals surface area contributed by atoms with Crippen LogP contribution in [0.3, 0.4) is 0 Å². The van der Waals surface area contributed by atoms with Crippen molar-refractivity contribution >= 4 is 6.09 Å². The average molecular weight is 274 g/mol. The van der Waals surface area contributed by atoms with Gasteiger partial charge in [-0.25, -0.2) is 4.79 Å². The third-order valence-electron chi connectivity index (χ3n) is 2.80. The maximum absolute atomic E-state index is 12.0. The predicted molar refractivity (Wildman–Crippen MR) is 77.9 cm³/mol. The van der Waals surface area contributed by atoms with E-state index in [-0.39, 0.29) is 0 Å². The van der Waals surface area contributed by atoms with Gasteiger partial charge in [0.25, 0.3) is 0 Å². The fraction of sp³-hybridized carbons (Fsp3) is 0.500. The molecule has 1 amide bonds. The number of amides is 1. The van der Waals surface area contributed by atoms with Crippen LogP contribution in [0, 0.1) is 16.7 Å². The van der Waals surface area contributed by atoms with E-state index in [1.54, 1.807) is 34.6 Å². The summed E-state index contributed by atoms with van der Waals surface area (Å²) < 4.78 is 5.27. The molecule has 0 aromatic heterocycles. The molecule has 0 fully saturated rings. The topological polar surface area (TPSA) is 62.1 Å². The smallest absolute Gasteiger partial charge is 0.408 e. The summed E-state index contributed by atoms with van der Waals surface area (Å²) in [6.45, 7) is 9.00. The maximum atomic E-state index is 12.0. The van der Waals surface area contributed by atoms with Crippen molar-refractivity contribution in [2.75, 3.05) is 0 Å². The third kappa shape index (κ3) is 4.58. The Labute approximate surface area is 120 Å². The van der Waals surface area contributed by atoms with Gasteiger partial charge in [0.15, 0.2) is 0 Å². The van der Waals surface area contributed by atoms with Crippen LogP contribution < -0.4 is 5.32 Å². The molecule has 1 aromatic rings. The summed E-state index contributed by atoms with van der Waals surface area (Å²) >= 11 is 0. The molecule has 0 spiro atoms. The number of hydrogen-bond donors (Lipinski definition) is 1. The standard InChI is InChI=1S/C16H22N2O2/c1-15(2,3)20-14(19)18-13(16(4,5)11-17)12-9-7-6-8-10-12/h6-10,13H,1-5H3,(H,18,19). The van der Waals surface area contributed by atoms with Crippen molar-refractivity contribution in [3.63, 3.8) is 0 Å². The fourth-order valence-electron chi connectivity index (χ4n) is 1.82. The van der Waals surface area contributed by atoms with Crippen molar-refractivity contribution in [2.45, 2.75) is 46.3 Å². The molecule has 1 aromatic carbocycles. The van der Waals surface area contributed by atoms with Crippen LogP contribution in [-0.4, -0.2) is 11.7 Å². The Hall–Kier alpha value is -2.02. The third-order valence-corrected chi connectivity index (χ3v) is 2.80. The second kappa shape index (κ2) is 5.96. The van der Waals surface area contributed by atoms with E-state index in [4.69, 9.17) is 4.74 Å². The van der Waals surface area contributed by atoms with Crippen LogP contribution in [0.1, 0.15) is 46.2 Å². The summed E-state index contributed by atoms with van der Waals surface area (Å²) in [5.41, 5.74) is -0.426. The molecular formula is C16H22N2O2. The van der Waals surface area contributed by atoms with Gasteiger partial charge in [-0.15, -0.1) is 0 Å². The highest BCUT2D eigenvalue weighted by molar-refractivity contribution is 5.68. The second-order valence-corrected chi connectivity index (χ2v) is 6.32. The molecule has 4 nitrogen and oxygen atoms in total. The Morgan fingerprint density at radius 2 is 1.75 bits per heavy atom. The monoisotopic (exact) mass is 274 g/mol. The number of nitrogens with zero attached hydrogens (tertiary/aromatic N) is 1. The predicted octanol–water partition coefficient (Wildman–Crippen LogP) is 3.80. The van der Waals surface area contributed by atoms with Crippen LogP contribution in [-0.2, 0) is 4.74 Å². The highest BCUT2D eigenvalue weighted by atomic mass is 16.6. The lowest BCUT2D eigenvalue weighted by Crippen LogP contribution is -2.40. The van der Waals surface area contributed by atoms with E-state index in [0.29, 0.717) is 0 Å². The molecule has 0 saturated heterocycles. The number of carbonyl (C=O) groups excluding carboxylic acids is 1. The highest BCUT2D eigenvalue weighted by Crippen LogP contribution is 2.32. The van der Waals surface area contributed by atoms with Crippen molar-refractivity contribution in [1.82, 2.24) is 5.32 Å². The number of carbonyl (C=O) groups is 1. The van der Waals surface area contributed by atoms with E-state index < -0.39 is 23.2 Å². The van der Waals surface area contributed by atoms with Crippen molar-refractivity contribution in [3.8, 4) is 6.07 Å². The fourth-order valence-corrected chi connectivity index (χ4v) is 1.82. The van der Waals surface area contributed by atoms with Crippen LogP contribution in [0.2, 0.25) is 0 Å². The molecule has 0 radical (unpaired) electrons.